The average molecular weight is 394 g/mol. The molecule has 6 nitrogen and oxygen atoms in total. The third-order valence-electron chi connectivity index (χ3n) is 3.56. The van der Waals surface area contributed by atoms with Crippen molar-refractivity contribution in [1.29, 1.82) is 0 Å². The topological polar surface area (TPSA) is 72.7 Å². The highest BCUT2D eigenvalue weighted by Crippen LogP contribution is 2.26. The van der Waals surface area contributed by atoms with Gasteiger partial charge in [-0.05, 0) is 53.4 Å². The third kappa shape index (κ3) is 4.39. The normalized spacial score (nSPS) is 12.1. The number of thiophene rings is 1. The van der Waals surface area contributed by atoms with Crippen LogP contribution >= 0.6 is 34.7 Å². The number of thioether (sulfide) groups is 1. The van der Waals surface area contributed by atoms with Crippen LogP contribution in [0.15, 0.2) is 40.9 Å². The highest BCUT2D eigenvalue weighted by molar-refractivity contribution is 8.00. The standard InChI is InChI=1S/C16H16ClN5OS2/c1-10-13(17)6-3-7-14(10)18-15(23)11(2)25-16-19-20-21-22(16)9-12-5-4-8-24-12/h3-8,11H,9H2,1-2H3,(H,18,23). The van der Waals surface area contributed by atoms with E-state index in [1.54, 1.807) is 22.1 Å². The summed E-state index contributed by atoms with van der Waals surface area (Å²) in [6, 6.07) is 9.45. The van der Waals surface area contributed by atoms with Crippen LogP contribution in [0.2, 0.25) is 5.02 Å². The summed E-state index contributed by atoms with van der Waals surface area (Å²) in [5.74, 6) is -0.124. The van der Waals surface area contributed by atoms with E-state index >= 15 is 0 Å². The number of carbonyl (C=O) groups excluding carboxylic acids is 1. The van der Waals surface area contributed by atoms with Gasteiger partial charge in [-0.1, -0.05) is 35.5 Å². The van der Waals surface area contributed by atoms with Gasteiger partial charge < -0.3 is 5.32 Å². The number of benzene rings is 1. The van der Waals surface area contributed by atoms with Crippen molar-refractivity contribution >= 4 is 46.3 Å². The van der Waals surface area contributed by atoms with Gasteiger partial charge in [-0.2, -0.15) is 0 Å². The Morgan fingerprint density at radius 3 is 3.00 bits per heavy atom. The molecule has 0 bridgehead atoms. The number of hydrogen-bond acceptors (Lipinski definition) is 6. The van der Waals surface area contributed by atoms with Gasteiger partial charge in [0.25, 0.3) is 0 Å². The molecule has 1 unspecified atom stereocenters. The van der Waals surface area contributed by atoms with Gasteiger partial charge >= 0.3 is 0 Å². The van der Waals surface area contributed by atoms with Crippen molar-refractivity contribution in [3.63, 3.8) is 0 Å². The van der Waals surface area contributed by atoms with Crippen LogP contribution in [-0.4, -0.2) is 31.4 Å². The summed E-state index contributed by atoms with van der Waals surface area (Å²) in [4.78, 5) is 13.6. The summed E-state index contributed by atoms with van der Waals surface area (Å²) in [6.45, 7) is 4.29. The molecule has 0 saturated carbocycles. The molecule has 130 valence electrons. The fourth-order valence-corrected chi connectivity index (χ4v) is 3.77. The van der Waals surface area contributed by atoms with Crippen LogP contribution in [-0.2, 0) is 11.3 Å². The van der Waals surface area contributed by atoms with Crippen LogP contribution in [0.5, 0.6) is 0 Å². The minimum Gasteiger partial charge on any atom is -0.325 e. The number of amides is 1. The Kier molecular flexibility index (Phi) is 5.72. The number of carbonyl (C=O) groups is 1. The van der Waals surface area contributed by atoms with Crippen LogP contribution in [0.4, 0.5) is 5.69 Å². The summed E-state index contributed by atoms with van der Waals surface area (Å²) in [7, 11) is 0. The first-order valence-electron chi connectivity index (χ1n) is 7.56. The van der Waals surface area contributed by atoms with E-state index in [0.717, 1.165) is 10.4 Å². The first kappa shape index (κ1) is 17.9. The number of nitrogens with zero attached hydrogens (tertiary/aromatic N) is 4. The van der Waals surface area contributed by atoms with E-state index in [-0.39, 0.29) is 11.2 Å². The third-order valence-corrected chi connectivity index (χ3v) is 5.90. The zero-order valence-electron chi connectivity index (χ0n) is 13.6. The molecule has 3 aromatic rings. The molecule has 1 aromatic carbocycles. The maximum atomic E-state index is 12.5. The highest BCUT2D eigenvalue weighted by atomic mass is 35.5. The SMILES string of the molecule is Cc1c(Cl)cccc1NC(=O)C(C)Sc1nnnn1Cc1cccs1. The Morgan fingerprint density at radius 2 is 2.24 bits per heavy atom. The monoisotopic (exact) mass is 393 g/mol. The molecule has 0 aliphatic heterocycles. The number of aromatic nitrogens is 4. The molecule has 0 spiro atoms. The minimum absolute atomic E-state index is 0.124. The van der Waals surface area contributed by atoms with Crippen molar-refractivity contribution in [3.8, 4) is 0 Å². The molecule has 0 aliphatic rings. The van der Waals surface area contributed by atoms with Gasteiger partial charge in [0.15, 0.2) is 0 Å². The van der Waals surface area contributed by atoms with Crippen LogP contribution in [0.25, 0.3) is 0 Å². The summed E-state index contributed by atoms with van der Waals surface area (Å²) in [6.07, 6.45) is 0. The van der Waals surface area contributed by atoms with Crippen LogP contribution in [0.3, 0.4) is 0 Å². The first-order chi connectivity index (χ1) is 12.0. The summed E-state index contributed by atoms with van der Waals surface area (Å²) >= 11 is 9.06. The van der Waals surface area contributed by atoms with E-state index < -0.39 is 0 Å². The van der Waals surface area contributed by atoms with Crippen molar-refractivity contribution in [2.45, 2.75) is 30.8 Å². The molecule has 25 heavy (non-hydrogen) atoms. The Balaban J connectivity index is 1.66. The van der Waals surface area contributed by atoms with Gasteiger partial charge in [0, 0.05) is 15.6 Å². The largest absolute Gasteiger partial charge is 0.325 e. The second kappa shape index (κ2) is 7.99. The maximum absolute atomic E-state index is 12.5. The van der Waals surface area contributed by atoms with Crippen molar-refractivity contribution < 1.29 is 4.79 Å². The van der Waals surface area contributed by atoms with Crippen molar-refractivity contribution in [1.82, 2.24) is 20.2 Å². The number of anilines is 1. The molecule has 0 fully saturated rings. The predicted molar refractivity (Wildman–Crippen MR) is 101 cm³/mol. The average Bonchev–Trinajstić information content (AvgIpc) is 3.25. The fourth-order valence-electron chi connectivity index (χ4n) is 2.12. The first-order valence-corrected chi connectivity index (χ1v) is 9.69. The minimum atomic E-state index is -0.355. The molecule has 0 saturated heterocycles. The molecular formula is C16H16ClN5OS2. The van der Waals surface area contributed by atoms with Crippen molar-refractivity contribution in [3.05, 3.63) is 51.2 Å². The summed E-state index contributed by atoms with van der Waals surface area (Å²) < 4.78 is 1.70. The molecule has 0 aliphatic carbocycles. The van der Waals surface area contributed by atoms with E-state index in [4.69, 9.17) is 11.6 Å². The van der Waals surface area contributed by atoms with Gasteiger partial charge in [0.2, 0.25) is 11.1 Å². The number of rotatable bonds is 6. The lowest BCUT2D eigenvalue weighted by Gasteiger charge is -2.13. The van der Waals surface area contributed by atoms with Crippen LogP contribution in [0, 0.1) is 6.92 Å². The molecule has 2 heterocycles. The number of nitrogens with one attached hydrogen (secondary N) is 1. The maximum Gasteiger partial charge on any atom is 0.237 e. The Hall–Kier alpha value is -1.90. The van der Waals surface area contributed by atoms with Crippen LogP contribution in [0.1, 0.15) is 17.4 Å². The van der Waals surface area contributed by atoms with E-state index in [1.165, 1.54) is 11.8 Å². The quantitative estimate of drug-likeness (QED) is 0.643. The molecule has 1 atom stereocenters. The molecular weight excluding hydrogens is 378 g/mol. The zero-order valence-corrected chi connectivity index (χ0v) is 16.0. The lowest BCUT2D eigenvalue weighted by molar-refractivity contribution is -0.115. The lowest BCUT2D eigenvalue weighted by Crippen LogP contribution is -2.23. The second-order valence-electron chi connectivity index (χ2n) is 5.36. The number of halogens is 1. The van der Waals surface area contributed by atoms with Crippen molar-refractivity contribution in [2.75, 3.05) is 5.32 Å². The Bertz CT molecular complexity index is 865. The zero-order chi connectivity index (χ0) is 17.8. The van der Waals surface area contributed by atoms with Gasteiger partial charge in [0.05, 0.1) is 11.8 Å². The second-order valence-corrected chi connectivity index (χ2v) is 8.11. The lowest BCUT2D eigenvalue weighted by atomic mass is 10.2. The number of hydrogen-bond donors (Lipinski definition) is 1. The summed E-state index contributed by atoms with van der Waals surface area (Å²) in [5, 5.41) is 17.6. The smallest absolute Gasteiger partial charge is 0.237 e. The van der Waals surface area contributed by atoms with E-state index in [9.17, 15) is 4.79 Å². The van der Waals surface area contributed by atoms with Crippen LogP contribution < -0.4 is 5.32 Å². The predicted octanol–water partition coefficient (Wildman–Crippen LogP) is 3.86. The molecule has 1 N–H and O–H groups in total. The molecule has 0 radical (unpaired) electrons. The van der Waals surface area contributed by atoms with Gasteiger partial charge in [-0.25, -0.2) is 4.68 Å². The molecule has 3 rings (SSSR count). The van der Waals surface area contributed by atoms with Gasteiger partial charge in [-0.15, -0.1) is 16.4 Å². The highest BCUT2D eigenvalue weighted by Gasteiger charge is 2.19. The van der Waals surface area contributed by atoms with E-state index in [2.05, 4.69) is 20.8 Å². The summed E-state index contributed by atoms with van der Waals surface area (Å²) in [5.41, 5.74) is 1.56. The molecule has 2 aromatic heterocycles. The van der Waals surface area contributed by atoms with Gasteiger partial charge in [0.1, 0.15) is 0 Å². The Morgan fingerprint density at radius 1 is 1.40 bits per heavy atom. The Labute approximate surface area is 158 Å². The van der Waals surface area contributed by atoms with E-state index in [0.29, 0.717) is 22.4 Å². The fraction of sp³-hybridized carbons (Fsp3) is 0.250. The molecule has 1 amide bonds. The van der Waals surface area contributed by atoms with E-state index in [1.807, 2.05) is 43.5 Å². The van der Waals surface area contributed by atoms with Crippen molar-refractivity contribution in [2.24, 2.45) is 0 Å². The number of tetrazole rings is 1. The van der Waals surface area contributed by atoms with Gasteiger partial charge in [-0.3, -0.25) is 4.79 Å². The molecule has 9 heteroatoms.